The number of aromatic nitrogens is 1. The van der Waals surface area contributed by atoms with Crippen molar-refractivity contribution in [3.8, 4) is 11.5 Å². The summed E-state index contributed by atoms with van der Waals surface area (Å²) < 4.78 is 10.6. The van der Waals surface area contributed by atoms with Crippen LogP contribution in [0, 0.1) is 6.92 Å². The largest absolute Gasteiger partial charge is 0.497 e. The summed E-state index contributed by atoms with van der Waals surface area (Å²) in [5.74, 6) is 1.45. The summed E-state index contributed by atoms with van der Waals surface area (Å²) >= 11 is 6.19. The summed E-state index contributed by atoms with van der Waals surface area (Å²) in [6, 6.07) is 11.5. The van der Waals surface area contributed by atoms with Gasteiger partial charge in [-0.05, 0) is 30.7 Å². The molecule has 23 heavy (non-hydrogen) atoms. The Hall–Kier alpha value is -2.46. The van der Waals surface area contributed by atoms with E-state index >= 15 is 0 Å². The van der Waals surface area contributed by atoms with Crippen LogP contribution in [0.4, 0.5) is 11.4 Å². The van der Waals surface area contributed by atoms with Gasteiger partial charge in [-0.1, -0.05) is 11.6 Å². The maximum absolute atomic E-state index is 6.19. The van der Waals surface area contributed by atoms with Crippen LogP contribution in [0.2, 0.25) is 5.02 Å². The van der Waals surface area contributed by atoms with E-state index < -0.39 is 0 Å². The molecule has 5 heteroatoms. The first-order valence-corrected chi connectivity index (χ1v) is 7.54. The Bertz CT molecular complexity index is 843. The first kappa shape index (κ1) is 15.4. The number of benzene rings is 2. The lowest BCUT2D eigenvalue weighted by Gasteiger charge is -2.13. The van der Waals surface area contributed by atoms with Crippen molar-refractivity contribution in [2.45, 2.75) is 6.92 Å². The standard InChI is InChI=1S/C18H17ClN2O2/c1-11-16(19)5-4-15-17(6-7-20-18(11)15)21-12-8-13(22-2)10-14(9-12)23-3/h4-10H,1-3H3,(H,20,21). The summed E-state index contributed by atoms with van der Waals surface area (Å²) in [7, 11) is 3.26. The average Bonchev–Trinajstić information content (AvgIpc) is 2.58. The fourth-order valence-electron chi connectivity index (χ4n) is 2.48. The molecule has 0 aliphatic rings. The second kappa shape index (κ2) is 6.34. The molecule has 1 N–H and O–H groups in total. The fourth-order valence-corrected chi connectivity index (χ4v) is 2.63. The molecule has 0 aliphatic carbocycles. The number of fused-ring (bicyclic) bond motifs is 1. The quantitative estimate of drug-likeness (QED) is 0.735. The number of pyridine rings is 1. The molecule has 0 amide bonds. The highest BCUT2D eigenvalue weighted by Gasteiger charge is 2.08. The van der Waals surface area contributed by atoms with E-state index in [0.29, 0.717) is 5.02 Å². The van der Waals surface area contributed by atoms with Crippen LogP contribution in [0.15, 0.2) is 42.6 Å². The Morgan fingerprint density at radius 3 is 2.35 bits per heavy atom. The predicted molar refractivity (Wildman–Crippen MR) is 94.3 cm³/mol. The Morgan fingerprint density at radius 1 is 1.00 bits per heavy atom. The van der Waals surface area contributed by atoms with Crippen molar-refractivity contribution in [2.24, 2.45) is 0 Å². The van der Waals surface area contributed by atoms with Gasteiger partial charge in [-0.25, -0.2) is 0 Å². The molecule has 0 fully saturated rings. The Kier molecular flexibility index (Phi) is 4.26. The minimum atomic E-state index is 0.713. The minimum Gasteiger partial charge on any atom is -0.497 e. The van der Waals surface area contributed by atoms with E-state index in [2.05, 4.69) is 10.3 Å². The summed E-state index contributed by atoms with van der Waals surface area (Å²) in [5.41, 5.74) is 3.68. The van der Waals surface area contributed by atoms with Gasteiger partial charge in [0.25, 0.3) is 0 Å². The molecule has 0 saturated heterocycles. The van der Waals surface area contributed by atoms with Crippen molar-refractivity contribution >= 4 is 33.9 Å². The number of methoxy groups -OCH3 is 2. The normalized spacial score (nSPS) is 10.6. The van der Waals surface area contributed by atoms with E-state index in [1.165, 1.54) is 0 Å². The van der Waals surface area contributed by atoms with Crippen LogP contribution in [0.1, 0.15) is 5.56 Å². The number of halogens is 1. The molecule has 0 bridgehead atoms. The van der Waals surface area contributed by atoms with E-state index in [1.807, 2.05) is 43.3 Å². The molecule has 0 spiro atoms. The van der Waals surface area contributed by atoms with Crippen molar-refractivity contribution in [3.05, 3.63) is 53.2 Å². The monoisotopic (exact) mass is 328 g/mol. The zero-order chi connectivity index (χ0) is 16.4. The SMILES string of the molecule is COc1cc(Nc2ccnc3c(C)c(Cl)ccc23)cc(OC)c1. The predicted octanol–water partition coefficient (Wildman–Crippen LogP) is 4.96. The van der Waals surface area contributed by atoms with E-state index in [9.17, 15) is 0 Å². The van der Waals surface area contributed by atoms with Crippen molar-refractivity contribution in [1.82, 2.24) is 4.98 Å². The number of aryl methyl sites for hydroxylation is 1. The highest BCUT2D eigenvalue weighted by molar-refractivity contribution is 6.32. The molecule has 118 valence electrons. The van der Waals surface area contributed by atoms with Crippen LogP contribution in [0.3, 0.4) is 0 Å². The molecule has 0 unspecified atom stereocenters. The maximum atomic E-state index is 6.19. The highest BCUT2D eigenvalue weighted by Crippen LogP contribution is 2.32. The number of nitrogens with zero attached hydrogens (tertiary/aromatic N) is 1. The molecule has 3 rings (SSSR count). The lowest BCUT2D eigenvalue weighted by Crippen LogP contribution is -1.96. The molecular weight excluding hydrogens is 312 g/mol. The second-order valence-corrected chi connectivity index (χ2v) is 5.56. The Morgan fingerprint density at radius 2 is 1.70 bits per heavy atom. The summed E-state index contributed by atoms with van der Waals surface area (Å²) in [6.45, 7) is 1.97. The van der Waals surface area contributed by atoms with Gasteiger partial charge in [0.2, 0.25) is 0 Å². The van der Waals surface area contributed by atoms with Gasteiger partial charge < -0.3 is 14.8 Å². The van der Waals surface area contributed by atoms with Gasteiger partial charge in [0, 0.05) is 46.2 Å². The van der Waals surface area contributed by atoms with Gasteiger partial charge in [0.15, 0.2) is 0 Å². The first-order valence-electron chi connectivity index (χ1n) is 7.16. The number of nitrogens with one attached hydrogen (secondary N) is 1. The molecule has 0 radical (unpaired) electrons. The van der Waals surface area contributed by atoms with Gasteiger partial charge in [-0.3, -0.25) is 4.98 Å². The van der Waals surface area contributed by atoms with E-state index in [-0.39, 0.29) is 0 Å². The number of rotatable bonds is 4. The third kappa shape index (κ3) is 3.03. The maximum Gasteiger partial charge on any atom is 0.124 e. The number of anilines is 2. The van der Waals surface area contributed by atoms with Crippen molar-refractivity contribution in [2.75, 3.05) is 19.5 Å². The van der Waals surface area contributed by atoms with Crippen LogP contribution in [-0.4, -0.2) is 19.2 Å². The van der Waals surface area contributed by atoms with Crippen LogP contribution in [-0.2, 0) is 0 Å². The molecule has 2 aromatic carbocycles. The molecule has 0 aliphatic heterocycles. The average molecular weight is 329 g/mol. The molecule has 0 atom stereocenters. The highest BCUT2D eigenvalue weighted by atomic mass is 35.5. The molecule has 0 saturated carbocycles. The molecule has 3 aromatic rings. The van der Waals surface area contributed by atoms with Gasteiger partial charge in [-0.15, -0.1) is 0 Å². The molecule has 1 aromatic heterocycles. The zero-order valence-electron chi connectivity index (χ0n) is 13.2. The molecule has 1 heterocycles. The third-order valence-corrected chi connectivity index (χ3v) is 4.14. The van der Waals surface area contributed by atoms with Crippen LogP contribution in [0.5, 0.6) is 11.5 Å². The van der Waals surface area contributed by atoms with Crippen molar-refractivity contribution < 1.29 is 9.47 Å². The summed E-state index contributed by atoms with van der Waals surface area (Å²) in [4.78, 5) is 4.44. The zero-order valence-corrected chi connectivity index (χ0v) is 13.9. The number of hydrogen-bond donors (Lipinski definition) is 1. The number of ether oxygens (including phenoxy) is 2. The molecule has 4 nitrogen and oxygen atoms in total. The lowest BCUT2D eigenvalue weighted by molar-refractivity contribution is 0.395. The first-order chi connectivity index (χ1) is 11.1. The van der Waals surface area contributed by atoms with Crippen molar-refractivity contribution in [3.63, 3.8) is 0 Å². The van der Waals surface area contributed by atoms with E-state index in [0.717, 1.165) is 39.3 Å². The summed E-state index contributed by atoms with van der Waals surface area (Å²) in [6.07, 6.45) is 1.77. The van der Waals surface area contributed by atoms with Gasteiger partial charge in [0.05, 0.1) is 19.7 Å². The Balaban J connectivity index is 2.07. The summed E-state index contributed by atoms with van der Waals surface area (Å²) in [5, 5.41) is 5.12. The van der Waals surface area contributed by atoms with Gasteiger partial charge >= 0.3 is 0 Å². The molecular formula is C18H17ClN2O2. The Labute approximate surface area is 140 Å². The van der Waals surface area contributed by atoms with Crippen LogP contribution >= 0.6 is 11.6 Å². The smallest absolute Gasteiger partial charge is 0.124 e. The van der Waals surface area contributed by atoms with Crippen LogP contribution < -0.4 is 14.8 Å². The lowest BCUT2D eigenvalue weighted by atomic mass is 10.1. The van der Waals surface area contributed by atoms with Gasteiger partial charge in [-0.2, -0.15) is 0 Å². The van der Waals surface area contributed by atoms with E-state index in [1.54, 1.807) is 20.4 Å². The van der Waals surface area contributed by atoms with Gasteiger partial charge in [0.1, 0.15) is 11.5 Å². The topological polar surface area (TPSA) is 43.4 Å². The second-order valence-electron chi connectivity index (χ2n) is 5.15. The van der Waals surface area contributed by atoms with Crippen molar-refractivity contribution in [1.29, 1.82) is 0 Å². The third-order valence-electron chi connectivity index (χ3n) is 3.73. The fraction of sp³-hybridized carbons (Fsp3) is 0.167. The van der Waals surface area contributed by atoms with E-state index in [4.69, 9.17) is 21.1 Å². The number of hydrogen-bond acceptors (Lipinski definition) is 4. The minimum absolute atomic E-state index is 0.713. The van der Waals surface area contributed by atoms with Crippen LogP contribution in [0.25, 0.3) is 10.9 Å².